The second-order valence-corrected chi connectivity index (χ2v) is 7.92. The molecule has 3 aromatic rings. The number of aromatic nitrogens is 3. The molecule has 0 saturated carbocycles. The van der Waals surface area contributed by atoms with Gasteiger partial charge in [0.1, 0.15) is 0 Å². The fourth-order valence-electron chi connectivity index (χ4n) is 4.09. The van der Waals surface area contributed by atoms with E-state index in [2.05, 4.69) is 28.0 Å². The first kappa shape index (κ1) is 21.2. The number of nitrogens with zero attached hydrogens (tertiary/aromatic N) is 3. The van der Waals surface area contributed by atoms with Gasteiger partial charge in [0, 0.05) is 54.6 Å². The summed E-state index contributed by atoms with van der Waals surface area (Å²) in [5, 5.41) is 7.89. The van der Waals surface area contributed by atoms with Crippen molar-refractivity contribution in [2.75, 3.05) is 11.9 Å². The van der Waals surface area contributed by atoms with Gasteiger partial charge in [-0.2, -0.15) is 5.10 Å². The Hall–Kier alpha value is -2.99. The third-order valence-corrected chi connectivity index (χ3v) is 5.67. The number of para-hydroxylation sites is 1. The number of carbonyl (C=O) groups excluding carboxylic acids is 1. The molecule has 4 rings (SSSR count). The largest absolute Gasteiger partial charge is 0.376 e. The van der Waals surface area contributed by atoms with E-state index in [4.69, 9.17) is 9.84 Å². The summed E-state index contributed by atoms with van der Waals surface area (Å²) in [6, 6.07) is 14.0. The normalized spacial score (nSPS) is 13.1. The van der Waals surface area contributed by atoms with Gasteiger partial charge in [0.05, 0.1) is 18.9 Å². The third kappa shape index (κ3) is 5.39. The Morgan fingerprint density at radius 1 is 1.13 bits per heavy atom. The number of fused-ring (bicyclic) bond motifs is 1. The van der Waals surface area contributed by atoms with Gasteiger partial charge in [-0.05, 0) is 43.0 Å². The highest BCUT2D eigenvalue weighted by molar-refractivity contribution is 5.91. The molecule has 6 nitrogen and oxygen atoms in total. The van der Waals surface area contributed by atoms with Gasteiger partial charge in [-0.25, -0.2) is 0 Å². The van der Waals surface area contributed by atoms with E-state index in [1.54, 1.807) is 0 Å². The molecule has 0 saturated heterocycles. The van der Waals surface area contributed by atoms with E-state index in [9.17, 15) is 4.79 Å². The number of hydrogen-bond donors (Lipinski definition) is 1. The summed E-state index contributed by atoms with van der Waals surface area (Å²) in [6.07, 6.45) is 6.47. The standard InChI is InChI=1S/C25H30N4O2/c1-2-16-29-24-14-17-31-18-21(24)23(28-29)12-13-25(30)27-22-9-4-3-7-19(22)10-11-20-8-5-6-15-26-20/h3-9,15H,2,10-14,16-18H2,1H3,(H,27,30). The number of anilines is 1. The van der Waals surface area contributed by atoms with Crippen LogP contribution in [0.2, 0.25) is 0 Å². The molecule has 0 atom stereocenters. The lowest BCUT2D eigenvalue weighted by atomic mass is 10.0. The number of hydrogen-bond acceptors (Lipinski definition) is 4. The van der Waals surface area contributed by atoms with Gasteiger partial charge in [0.25, 0.3) is 0 Å². The number of pyridine rings is 1. The summed E-state index contributed by atoms with van der Waals surface area (Å²) in [4.78, 5) is 17.1. The molecule has 1 amide bonds. The molecular formula is C25H30N4O2. The van der Waals surface area contributed by atoms with Crippen LogP contribution in [0.3, 0.4) is 0 Å². The lowest BCUT2D eigenvalue weighted by Gasteiger charge is -2.15. The minimum Gasteiger partial charge on any atom is -0.376 e. The molecule has 1 aliphatic heterocycles. The highest BCUT2D eigenvalue weighted by Gasteiger charge is 2.21. The van der Waals surface area contributed by atoms with Crippen LogP contribution in [0.25, 0.3) is 0 Å². The first-order valence-electron chi connectivity index (χ1n) is 11.2. The van der Waals surface area contributed by atoms with Crippen LogP contribution in [0.1, 0.15) is 48.0 Å². The number of ether oxygens (including phenoxy) is 1. The molecule has 0 fully saturated rings. The lowest BCUT2D eigenvalue weighted by molar-refractivity contribution is -0.116. The van der Waals surface area contributed by atoms with Gasteiger partial charge in [-0.15, -0.1) is 0 Å². The minimum atomic E-state index is 0.0146. The Kier molecular flexibility index (Phi) is 7.10. The van der Waals surface area contributed by atoms with Crippen LogP contribution < -0.4 is 5.32 Å². The fraction of sp³-hybridized carbons (Fsp3) is 0.400. The van der Waals surface area contributed by atoms with Gasteiger partial charge in [0.2, 0.25) is 5.91 Å². The van der Waals surface area contributed by atoms with Gasteiger partial charge in [-0.1, -0.05) is 31.2 Å². The number of aryl methyl sites for hydroxylation is 4. The number of rotatable bonds is 9. The molecular weight excluding hydrogens is 388 g/mol. The molecule has 6 heteroatoms. The Morgan fingerprint density at radius 3 is 2.84 bits per heavy atom. The third-order valence-electron chi connectivity index (χ3n) is 5.67. The van der Waals surface area contributed by atoms with Crippen LogP contribution in [0, 0.1) is 0 Å². The molecule has 2 aromatic heterocycles. The van der Waals surface area contributed by atoms with Crippen molar-refractivity contribution in [3.63, 3.8) is 0 Å². The van der Waals surface area contributed by atoms with Crippen LogP contribution in [0.15, 0.2) is 48.7 Å². The Bertz CT molecular complexity index is 1010. The molecule has 0 radical (unpaired) electrons. The average molecular weight is 419 g/mol. The van der Waals surface area contributed by atoms with Gasteiger partial charge in [0.15, 0.2) is 0 Å². The van der Waals surface area contributed by atoms with Gasteiger partial charge in [-0.3, -0.25) is 14.5 Å². The first-order chi connectivity index (χ1) is 15.2. The van der Waals surface area contributed by atoms with Crippen LogP contribution >= 0.6 is 0 Å². The summed E-state index contributed by atoms with van der Waals surface area (Å²) >= 11 is 0. The predicted octanol–water partition coefficient (Wildman–Crippen LogP) is 4.12. The Morgan fingerprint density at radius 2 is 2.00 bits per heavy atom. The highest BCUT2D eigenvalue weighted by Crippen LogP contribution is 2.23. The molecule has 0 aliphatic carbocycles. The zero-order valence-electron chi connectivity index (χ0n) is 18.1. The Labute approximate surface area is 183 Å². The van der Waals surface area contributed by atoms with Gasteiger partial charge < -0.3 is 10.1 Å². The van der Waals surface area contributed by atoms with E-state index < -0.39 is 0 Å². The van der Waals surface area contributed by atoms with Gasteiger partial charge >= 0.3 is 0 Å². The maximum Gasteiger partial charge on any atom is 0.224 e. The fourth-order valence-corrected chi connectivity index (χ4v) is 4.09. The summed E-state index contributed by atoms with van der Waals surface area (Å²) in [5.41, 5.74) is 6.52. The minimum absolute atomic E-state index is 0.0146. The van der Waals surface area contributed by atoms with Crippen molar-refractivity contribution in [3.8, 4) is 0 Å². The number of benzene rings is 1. The van der Waals surface area contributed by atoms with Crippen molar-refractivity contribution in [1.29, 1.82) is 0 Å². The van der Waals surface area contributed by atoms with E-state index >= 15 is 0 Å². The number of carbonyl (C=O) groups is 1. The van der Waals surface area contributed by atoms with E-state index in [0.717, 1.165) is 61.5 Å². The molecule has 1 aliphatic rings. The van der Waals surface area contributed by atoms with Crippen molar-refractivity contribution < 1.29 is 9.53 Å². The van der Waals surface area contributed by atoms with E-state index in [0.29, 0.717) is 19.4 Å². The van der Waals surface area contributed by atoms with E-state index in [-0.39, 0.29) is 5.91 Å². The zero-order chi connectivity index (χ0) is 21.5. The number of nitrogens with one attached hydrogen (secondary N) is 1. The molecule has 1 N–H and O–H groups in total. The monoisotopic (exact) mass is 418 g/mol. The second-order valence-electron chi connectivity index (χ2n) is 7.92. The first-order valence-corrected chi connectivity index (χ1v) is 11.2. The molecule has 3 heterocycles. The van der Waals surface area contributed by atoms with Crippen molar-refractivity contribution in [2.24, 2.45) is 0 Å². The molecule has 0 spiro atoms. The smallest absolute Gasteiger partial charge is 0.224 e. The number of amides is 1. The van der Waals surface area contributed by atoms with Crippen molar-refractivity contribution in [3.05, 3.63) is 76.9 Å². The maximum atomic E-state index is 12.7. The topological polar surface area (TPSA) is 69.0 Å². The highest BCUT2D eigenvalue weighted by atomic mass is 16.5. The SMILES string of the molecule is CCCn1nc(CCC(=O)Nc2ccccc2CCc2ccccn2)c2c1CCOC2. The maximum absolute atomic E-state index is 12.7. The second kappa shape index (κ2) is 10.4. The van der Waals surface area contributed by atoms with Crippen molar-refractivity contribution in [2.45, 2.75) is 58.6 Å². The summed E-state index contributed by atoms with van der Waals surface area (Å²) in [6.45, 7) is 4.42. The molecule has 0 bridgehead atoms. The van der Waals surface area contributed by atoms with Crippen molar-refractivity contribution in [1.82, 2.24) is 14.8 Å². The quantitative estimate of drug-likeness (QED) is 0.568. The Balaban J connectivity index is 1.37. The van der Waals surface area contributed by atoms with E-state index in [1.165, 1.54) is 11.3 Å². The van der Waals surface area contributed by atoms with Crippen molar-refractivity contribution >= 4 is 11.6 Å². The summed E-state index contributed by atoms with van der Waals surface area (Å²) in [7, 11) is 0. The molecule has 0 unspecified atom stereocenters. The molecule has 1 aromatic carbocycles. The van der Waals surface area contributed by atoms with Crippen LogP contribution in [0.5, 0.6) is 0 Å². The van der Waals surface area contributed by atoms with Crippen LogP contribution in [0.4, 0.5) is 5.69 Å². The lowest BCUT2D eigenvalue weighted by Crippen LogP contribution is -2.15. The molecule has 31 heavy (non-hydrogen) atoms. The summed E-state index contributed by atoms with van der Waals surface area (Å²) in [5.74, 6) is 0.0146. The predicted molar refractivity (Wildman–Crippen MR) is 121 cm³/mol. The average Bonchev–Trinajstić information content (AvgIpc) is 3.16. The zero-order valence-corrected chi connectivity index (χ0v) is 18.1. The summed E-state index contributed by atoms with van der Waals surface area (Å²) < 4.78 is 7.76. The van der Waals surface area contributed by atoms with Crippen LogP contribution in [-0.2, 0) is 48.4 Å². The molecule has 162 valence electrons. The van der Waals surface area contributed by atoms with Crippen LogP contribution in [-0.4, -0.2) is 27.3 Å². The van der Waals surface area contributed by atoms with E-state index in [1.807, 2.05) is 42.6 Å².